The third-order valence-corrected chi connectivity index (χ3v) is 3.68. The quantitative estimate of drug-likeness (QED) is 0.832. The molecule has 1 aliphatic rings. The molecule has 1 aromatic rings. The molecular formula is C15H23N3O. The number of aryl methyl sites for hydroxylation is 1. The van der Waals surface area contributed by atoms with Gasteiger partial charge in [0.05, 0.1) is 6.54 Å². The van der Waals surface area contributed by atoms with Crippen molar-refractivity contribution in [1.82, 2.24) is 10.2 Å². The molecule has 0 aliphatic carbocycles. The van der Waals surface area contributed by atoms with Crippen molar-refractivity contribution < 1.29 is 4.79 Å². The zero-order chi connectivity index (χ0) is 13.7. The summed E-state index contributed by atoms with van der Waals surface area (Å²) in [5.41, 5.74) is 7.83. The Morgan fingerprint density at radius 1 is 1.32 bits per heavy atom. The van der Waals surface area contributed by atoms with E-state index in [-0.39, 0.29) is 5.91 Å². The van der Waals surface area contributed by atoms with Gasteiger partial charge in [0.1, 0.15) is 0 Å². The molecule has 4 nitrogen and oxygen atoms in total. The molecule has 4 heteroatoms. The molecule has 0 bridgehead atoms. The summed E-state index contributed by atoms with van der Waals surface area (Å²) >= 11 is 0. The topological polar surface area (TPSA) is 58.4 Å². The first kappa shape index (κ1) is 14.0. The van der Waals surface area contributed by atoms with Gasteiger partial charge < -0.3 is 11.1 Å². The Bertz CT molecular complexity index is 408. The maximum absolute atomic E-state index is 10.9. The number of hydrogen-bond donors (Lipinski definition) is 2. The van der Waals surface area contributed by atoms with Crippen molar-refractivity contribution in [1.29, 1.82) is 0 Å². The highest BCUT2D eigenvalue weighted by molar-refractivity contribution is 5.75. The van der Waals surface area contributed by atoms with Crippen LogP contribution in [0.4, 0.5) is 0 Å². The predicted octanol–water partition coefficient (Wildman–Crippen LogP) is 1.03. The summed E-state index contributed by atoms with van der Waals surface area (Å²) < 4.78 is 0. The van der Waals surface area contributed by atoms with Crippen LogP contribution in [-0.4, -0.2) is 36.5 Å². The third-order valence-electron chi connectivity index (χ3n) is 3.68. The number of hydrogen-bond acceptors (Lipinski definition) is 3. The number of amides is 1. The molecule has 1 heterocycles. The summed E-state index contributed by atoms with van der Waals surface area (Å²) in [6.45, 7) is 5.32. The molecule has 104 valence electrons. The molecule has 1 fully saturated rings. The van der Waals surface area contributed by atoms with Crippen LogP contribution in [0.15, 0.2) is 24.3 Å². The lowest BCUT2D eigenvalue weighted by Crippen LogP contribution is -2.45. The third kappa shape index (κ3) is 4.65. The average molecular weight is 261 g/mol. The van der Waals surface area contributed by atoms with Gasteiger partial charge in [-0.3, -0.25) is 9.69 Å². The van der Waals surface area contributed by atoms with Crippen LogP contribution in [0.1, 0.15) is 24.0 Å². The maximum Gasteiger partial charge on any atom is 0.231 e. The molecule has 2 rings (SSSR count). The lowest BCUT2D eigenvalue weighted by molar-refractivity contribution is -0.119. The van der Waals surface area contributed by atoms with Crippen molar-refractivity contribution in [2.45, 2.75) is 32.4 Å². The largest absolute Gasteiger partial charge is 0.369 e. The van der Waals surface area contributed by atoms with E-state index in [0.717, 1.165) is 32.5 Å². The summed E-state index contributed by atoms with van der Waals surface area (Å²) in [6.07, 6.45) is 2.16. The highest BCUT2D eigenvalue weighted by atomic mass is 16.1. The summed E-state index contributed by atoms with van der Waals surface area (Å²) in [4.78, 5) is 13.0. The first-order valence-electron chi connectivity index (χ1n) is 6.93. The van der Waals surface area contributed by atoms with E-state index in [9.17, 15) is 4.79 Å². The zero-order valence-corrected chi connectivity index (χ0v) is 11.6. The molecular weight excluding hydrogens is 238 g/mol. The summed E-state index contributed by atoms with van der Waals surface area (Å²) in [6, 6.07) is 9.18. The number of nitrogens with one attached hydrogen (secondary N) is 1. The van der Waals surface area contributed by atoms with Crippen molar-refractivity contribution in [3.63, 3.8) is 0 Å². The smallest absolute Gasteiger partial charge is 0.231 e. The summed E-state index contributed by atoms with van der Waals surface area (Å²) in [7, 11) is 0. The van der Waals surface area contributed by atoms with Gasteiger partial charge in [-0.25, -0.2) is 0 Å². The van der Waals surface area contributed by atoms with Gasteiger partial charge in [0.15, 0.2) is 0 Å². The Kier molecular flexibility index (Phi) is 4.93. The van der Waals surface area contributed by atoms with E-state index in [2.05, 4.69) is 41.4 Å². The molecule has 1 amide bonds. The fourth-order valence-electron chi connectivity index (χ4n) is 2.48. The van der Waals surface area contributed by atoms with Crippen LogP contribution in [0.25, 0.3) is 0 Å². The van der Waals surface area contributed by atoms with Crippen LogP contribution in [0.2, 0.25) is 0 Å². The molecule has 0 radical (unpaired) electrons. The molecule has 0 aromatic heterocycles. The monoisotopic (exact) mass is 261 g/mol. The number of nitrogens with two attached hydrogens (primary N) is 1. The van der Waals surface area contributed by atoms with Gasteiger partial charge in [0.25, 0.3) is 0 Å². The van der Waals surface area contributed by atoms with E-state index in [0.29, 0.717) is 12.6 Å². The normalized spacial score (nSPS) is 17.5. The van der Waals surface area contributed by atoms with E-state index in [1.54, 1.807) is 0 Å². The second-order valence-electron chi connectivity index (χ2n) is 5.38. The minimum Gasteiger partial charge on any atom is -0.369 e. The molecule has 0 unspecified atom stereocenters. The van der Waals surface area contributed by atoms with E-state index in [4.69, 9.17) is 5.73 Å². The predicted molar refractivity (Wildman–Crippen MR) is 76.7 cm³/mol. The Labute approximate surface area is 115 Å². The van der Waals surface area contributed by atoms with Crippen LogP contribution in [0.3, 0.4) is 0 Å². The molecule has 0 spiro atoms. The van der Waals surface area contributed by atoms with Gasteiger partial charge in [-0.2, -0.15) is 0 Å². The average Bonchev–Trinajstić information content (AvgIpc) is 2.39. The number of nitrogens with zero attached hydrogens (tertiary/aromatic N) is 1. The second kappa shape index (κ2) is 6.68. The van der Waals surface area contributed by atoms with Crippen LogP contribution >= 0.6 is 0 Å². The fourth-order valence-corrected chi connectivity index (χ4v) is 2.48. The van der Waals surface area contributed by atoms with Gasteiger partial charge in [0.2, 0.25) is 5.91 Å². The molecule has 0 atom stereocenters. The molecule has 0 saturated carbocycles. The Morgan fingerprint density at radius 3 is 2.53 bits per heavy atom. The van der Waals surface area contributed by atoms with Crippen LogP contribution in [-0.2, 0) is 11.3 Å². The molecule has 1 aliphatic heterocycles. The van der Waals surface area contributed by atoms with E-state index in [1.807, 2.05) is 0 Å². The highest BCUT2D eigenvalue weighted by Gasteiger charge is 2.19. The van der Waals surface area contributed by atoms with Crippen molar-refractivity contribution in [3.8, 4) is 0 Å². The lowest BCUT2D eigenvalue weighted by atomic mass is 10.0. The number of likely N-dealkylation sites (tertiary alicyclic amines) is 1. The first-order chi connectivity index (χ1) is 9.13. The fraction of sp³-hybridized carbons (Fsp3) is 0.533. The number of benzene rings is 1. The van der Waals surface area contributed by atoms with E-state index < -0.39 is 0 Å². The Balaban J connectivity index is 1.71. The van der Waals surface area contributed by atoms with Crippen LogP contribution in [0.5, 0.6) is 0 Å². The molecule has 19 heavy (non-hydrogen) atoms. The standard InChI is InChI=1S/C15H23N3O/c1-12-2-4-13(5-3-12)10-17-14-6-8-18(9-7-14)11-15(16)19/h2-5,14,17H,6-11H2,1H3,(H2,16,19). The van der Waals surface area contributed by atoms with Crippen LogP contribution < -0.4 is 11.1 Å². The number of carbonyl (C=O) groups excluding carboxylic acids is 1. The number of rotatable bonds is 5. The van der Waals surface area contributed by atoms with Gasteiger partial charge in [-0.1, -0.05) is 29.8 Å². The van der Waals surface area contributed by atoms with Crippen LogP contribution in [0, 0.1) is 6.92 Å². The zero-order valence-electron chi connectivity index (χ0n) is 11.6. The SMILES string of the molecule is Cc1ccc(CNC2CCN(CC(N)=O)CC2)cc1. The first-order valence-corrected chi connectivity index (χ1v) is 6.93. The van der Waals surface area contributed by atoms with Crippen molar-refractivity contribution in [2.24, 2.45) is 5.73 Å². The molecule has 3 N–H and O–H groups in total. The lowest BCUT2D eigenvalue weighted by Gasteiger charge is -2.31. The van der Waals surface area contributed by atoms with E-state index >= 15 is 0 Å². The number of carbonyl (C=O) groups is 1. The van der Waals surface area contributed by atoms with Crippen molar-refractivity contribution in [2.75, 3.05) is 19.6 Å². The minimum absolute atomic E-state index is 0.230. The highest BCUT2D eigenvalue weighted by Crippen LogP contribution is 2.11. The Hall–Kier alpha value is -1.39. The number of primary amides is 1. The maximum atomic E-state index is 10.9. The summed E-state index contributed by atoms with van der Waals surface area (Å²) in [5.74, 6) is -0.230. The minimum atomic E-state index is -0.230. The summed E-state index contributed by atoms with van der Waals surface area (Å²) in [5, 5.41) is 3.59. The van der Waals surface area contributed by atoms with Crippen molar-refractivity contribution >= 4 is 5.91 Å². The van der Waals surface area contributed by atoms with Gasteiger partial charge in [-0.05, 0) is 25.3 Å². The van der Waals surface area contributed by atoms with Gasteiger partial charge >= 0.3 is 0 Å². The Morgan fingerprint density at radius 2 is 1.95 bits per heavy atom. The van der Waals surface area contributed by atoms with E-state index in [1.165, 1.54) is 11.1 Å². The van der Waals surface area contributed by atoms with Gasteiger partial charge in [-0.15, -0.1) is 0 Å². The second-order valence-corrected chi connectivity index (χ2v) is 5.38. The number of piperidine rings is 1. The van der Waals surface area contributed by atoms with Crippen molar-refractivity contribution in [3.05, 3.63) is 35.4 Å². The molecule has 1 aromatic carbocycles. The molecule has 1 saturated heterocycles. The van der Waals surface area contributed by atoms with Gasteiger partial charge in [0, 0.05) is 25.7 Å².